The van der Waals surface area contributed by atoms with Crippen LogP contribution >= 0.6 is 46.9 Å². The van der Waals surface area contributed by atoms with E-state index in [-0.39, 0.29) is 5.91 Å². The van der Waals surface area contributed by atoms with Gasteiger partial charge in [-0.15, -0.1) is 11.3 Å². The Morgan fingerprint density at radius 3 is 2.71 bits per heavy atom. The molecule has 0 unspecified atom stereocenters. The number of fused-ring (bicyclic) bond motifs is 1. The summed E-state index contributed by atoms with van der Waals surface area (Å²) in [6.07, 6.45) is 3.81. The van der Waals surface area contributed by atoms with Gasteiger partial charge in [0.05, 0.1) is 16.3 Å². The van der Waals surface area contributed by atoms with Crippen LogP contribution in [0.15, 0.2) is 40.7 Å². The molecule has 8 heteroatoms. The highest BCUT2D eigenvalue weighted by molar-refractivity contribution is 8.26. The van der Waals surface area contributed by atoms with E-state index in [0.29, 0.717) is 14.2 Å². The molecule has 0 N–H and O–H groups in total. The minimum atomic E-state index is -0.0859. The molecular formula is C16H10ClN3OS3. The van der Waals surface area contributed by atoms with Crippen molar-refractivity contribution in [1.29, 1.82) is 0 Å². The summed E-state index contributed by atoms with van der Waals surface area (Å²) in [6, 6.07) is 7.52. The molecule has 1 aliphatic heterocycles. The molecule has 0 bridgehead atoms. The highest BCUT2D eigenvalue weighted by Gasteiger charge is 2.29. The maximum Gasteiger partial charge on any atom is 0.265 e. The number of thiocarbonyl (C=S) groups is 1. The van der Waals surface area contributed by atoms with E-state index in [0.717, 1.165) is 21.9 Å². The Labute approximate surface area is 156 Å². The van der Waals surface area contributed by atoms with Crippen LogP contribution < -0.4 is 0 Å². The molecule has 4 rings (SSSR count). The van der Waals surface area contributed by atoms with E-state index >= 15 is 0 Å². The smallest absolute Gasteiger partial charge is 0.265 e. The van der Waals surface area contributed by atoms with Crippen LogP contribution in [0.25, 0.3) is 22.3 Å². The molecule has 1 amide bonds. The van der Waals surface area contributed by atoms with Gasteiger partial charge < -0.3 is 0 Å². The summed E-state index contributed by atoms with van der Waals surface area (Å²) in [6.45, 7) is 0. The third-order valence-electron chi connectivity index (χ3n) is 3.67. The fourth-order valence-electron chi connectivity index (χ4n) is 2.43. The maximum atomic E-state index is 12.3. The van der Waals surface area contributed by atoms with Crippen molar-refractivity contribution in [3.63, 3.8) is 0 Å². The monoisotopic (exact) mass is 391 g/mol. The third-order valence-corrected chi connectivity index (χ3v) is 6.16. The van der Waals surface area contributed by atoms with E-state index in [1.54, 1.807) is 18.4 Å². The Morgan fingerprint density at radius 2 is 2.04 bits per heavy atom. The van der Waals surface area contributed by atoms with Gasteiger partial charge in [0.1, 0.15) is 4.32 Å². The second-order valence-corrected chi connectivity index (χ2v) is 8.13. The summed E-state index contributed by atoms with van der Waals surface area (Å²) in [5.74, 6) is -0.0859. The lowest BCUT2D eigenvalue weighted by Crippen LogP contribution is -2.22. The lowest BCUT2D eigenvalue weighted by atomic mass is 10.1. The predicted molar refractivity (Wildman–Crippen MR) is 104 cm³/mol. The van der Waals surface area contributed by atoms with Crippen molar-refractivity contribution in [3.8, 4) is 11.3 Å². The molecule has 1 saturated heterocycles. The van der Waals surface area contributed by atoms with Crippen molar-refractivity contribution < 1.29 is 4.79 Å². The fraction of sp³-hybridized carbons (Fsp3) is 0.0625. The van der Waals surface area contributed by atoms with E-state index in [9.17, 15) is 4.79 Å². The minimum Gasteiger partial charge on any atom is -0.296 e. The summed E-state index contributed by atoms with van der Waals surface area (Å²) < 4.78 is 2.54. The topological polar surface area (TPSA) is 37.6 Å². The molecule has 0 radical (unpaired) electrons. The fourth-order valence-corrected chi connectivity index (χ4v) is 4.43. The number of hydrogen-bond acceptors (Lipinski definition) is 5. The van der Waals surface area contributed by atoms with E-state index in [4.69, 9.17) is 28.8 Å². The van der Waals surface area contributed by atoms with E-state index < -0.39 is 0 Å². The zero-order chi connectivity index (χ0) is 16.8. The van der Waals surface area contributed by atoms with Crippen LogP contribution in [0.2, 0.25) is 5.02 Å². The zero-order valence-electron chi connectivity index (χ0n) is 12.4. The number of thiazole rings is 1. The number of imidazole rings is 1. The zero-order valence-corrected chi connectivity index (χ0v) is 15.6. The third kappa shape index (κ3) is 2.57. The molecule has 2 aromatic heterocycles. The quantitative estimate of drug-likeness (QED) is 0.474. The van der Waals surface area contributed by atoms with Gasteiger partial charge in [0.15, 0.2) is 4.96 Å². The first-order chi connectivity index (χ1) is 11.5. The molecule has 4 nitrogen and oxygen atoms in total. The van der Waals surface area contributed by atoms with Crippen LogP contribution in [0, 0.1) is 0 Å². The Hall–Kier alpha value is -1.67. The van der Waals surface area contributed by atoms with Crippen LogP contribution in [0.3, 0.4) is 0 Å². The molecule has 24 heavy (non-hydrogen) atoms. The average Bonchev–Trinajstić information content (AvgIpc) is 3.21. The van der Waals surface area contributed by atoms with Gasteiger partial charge in [-0.2, -0.15) is 0 Å². The van der Waals surface area contributed by atoms with Gasteiger partial charge in [-0.25, -0.2) is 4.98 Å². The summed E-state index contributed by atoms with van der Waals surface area (Å²) in [5, 5.41) is 2.64. The Bertz CT molecular complexity index is 1000. The number of amides is 1. The first-order valence-corrected chi connectivity index (χ1v) is 9.46. The van der Waals surface area contributed by atoms with Crippen molar-refractivity contribution in [2.24, 2.45) is 0 Å². The molecule has 0 spiro atoms. The normalized spacial score (nSPS) is 16.8. The molecule has 0 saturated carbocycles. The number of nitrogens with zero attached hydrogens (tertiary/aromatic N) is 3. The highest BCUT2D eigenvalue weighted by Crippen LogP contribution is 2.35. The number of carbonyl (C=O) groups is 1. The molecule has 120 valence electrons. The van der Waals surface area contributed by atoms with Gasteiger partial charge >= 0.3 is 0 Å². The number of thioether (sulfide) groups is 1. The van der Waals surface area contributed by atoms with Crippen molar-refractivity contribution in [2.45, 2.75) is 0 Å². The van der Waals surface area contributed by atoms with E-state index in [1.807, 2.05) is 46.3 Å². The summed E-state index contributed by atoms with van der Waals surface area (Å²) in [4.78, 5) is 20.0. The van der Waals surface area contributed by atoms with E-state index in [2.05, 4.69) is 0 Å². The van der Waals surface area contributed by atoms with E-state index in [1.165, 1.54) is 16.7 Å². The molecule has 1 fully saturated rings. The van der Waals surface area contributed by atoms with Crippen molar-refractivity contribution in [3.05, 3.63) is 51.5 Å². The maximum absolute atomic E-state index is 12.3. The summed E-state index contributed by atoms with van der Waals surface area (Å²) >= 11 is 14.0. The number of rotatable bonds is 2. The van der Waals surface area contributed by atoms with Gasteiger partial charge in [0.2, 0.25) is 0 Å². The number of likely N-dealkylation sites (N-methyl/N-ethyl adjacent to an activating group) is 1. The Kier molecular flexibility index (Phi) is 3.96. The number of carbonyl (C=O) groups excluding carboxylic acids is 1. The van der Waals surface area contributed by atoms with Crippen LogP contribution in [0.5, 0.6) is 0 Å². The Morgan fingerprint density at radius 1 is 1.29 bits per heavy atom. The second-order valence-electron chi connectivity index (χ2n) is 5.15. The number of hydrogen-bond donors (Lipinski definition) is 0. The predicted octanol–water partition coefficient (Wildman–Crippen LogP) is 4.55. The summed E-state index contributed by atoms with van der Waals surface area (Å²) in [5.41, 5.74) is 2.64. The van der Waals surface area contributed by atoms with Crippen LogP contribution in [-0.2, 0) is 4.79 Å². The molecule has 1 aliphatic rings. The lowest BCUT2D eigenvalue weighted by Gasteiger charge is -2.04. The standard InChI is InChI=1S/C16H10ClN3OS3/c1-19-14(21)12(24-16(19)22)8-11-13(9-2-4-10(17)5-3-9)18-15-20(11)6-7-23-15/h2-8H,1H3. The molecular weight excluding hydrogens is 382 g/mol. The SMILES string of the molecule is CN1C(=O)C(=Cc2c(-c3ccc(Cl)cc3)nc3sccn23)SC1=S. The molecule has 3 heterocycles. The first-order valence-electron chi connectivity index (χ1n) is 6.97. The summed E-state index contributed by atoms with van der Waals surface area (Å²) in [7, 11) is 1.69. The molecule has 3 aromatic rings. The van der Waals surface area contributed by atoms with Crippen LogP contribution in [0.4, 0.5) is 0 Å². The van der Waals surface area contributed by atoms with Crippen molar-refractivity contribution in [1.82, 2.24) is 14.3 Å². The van der Waals surface area contributed by atoms with Gasteiger partial charge in [-0.1, -0.05) is 47.7 Å². The van der Waals surface area contributed by atoms with Gasteiger partial charge in [-0.05, 0) is 18.2 Å². The van der Waals surface area contributed by atoms with Gasteiger partial charge in [0, 0.05) is 29.2 Å². The lowest BCUT2D eigenvalue weighted by molar-refractivity contribution is -0.121. The minimum absolute atomic E-state index is 0.0859. The highest BCUT2D eigenvalue weighted by atomic mass is 35.5. The molecule has 1 aromatic carbocycles. The van der Waals surface area contributed by atoms with Crippen LogP contribution in [0.1, 0.15) is 5.69 Å². The molecule has 0 atom stereocenters. The molecule has 0 aliphatic carbocycles. The number of benzene rings is 1. The average molecular weight is 392 g/mol. The van der Waals surface area contributed by atoms with Gasteiger partial charge in [0.25, 0.3) is 5.91 Å². The van der Waals surface area contributed by atoms with Crippen molar-refractivity contribution >= 4 is 68.2 Å². The largest absolute Gasteiger partial charge is 0.296 e. The van der Waals surface area contributed by atoms with Crippen molar-refractivity contribution in [2.75, 3.05) is 7.05 Å². The number of aromatic nitrogens is 2. The second kappa shape index (κ2) is 6.00. The number of halogens is 1. The first kappa shape index (κ1) is 15.8. The van der Waals surface area contributed by atoms with Crippen LogP contribution in [-0.4, -0.2) is 31.6 Å². The van der Waals surface area contributed by atoms with Gasteiger partial charge in [-0.3, -0.25) is 14.1 Å². The Balaban J connectivity index is 1.89.